The van der Waals surface area contributed by atoms with Crippen molar-refractivity contribution in [3.8, 4) is 17.0 Å². The Kier molecular flexibility index (Phi) is 4.64. The highest BCUT2D eigenvalue weighted by molar-refractivity contribution is 7.07. The molecule has 2 aromatic rings. The average Bonchev–Trinajstić information content (AvgIpc) is 2.89. The second kappa shape index (κ2) is 6.45. The number of thiazole rings is 1. The number of nitrogens with one attached hydrogen (secondary N) is 1. The van der Waals surface area contributed by atoms with E-state index in [2.05, 4.69) is 24.4 Å². The monoisotopic (exact) mass is 306 g/mol. The zero-order valence-corrected chi connectivity index (χ0v) is 13.0. The van der Waals surface area contributed by atoms with E-state index in [1.165, 1.54) is 11.3 Å². The number of rotatable bonds is 4. The third-order valence-corrected chi connectivity index (χ3v) is 3.75. The van der Waals surface area contributed by atoms with Gasteiger partial charge in [0.05, 0.1) is 12.8 Å². The maximum atomic E-state index is 10.8. The van der Waals surface area contributed by atoms with Gasteiger partial charge in [-0.15, -0.1) is 16.4 Å². The Morgan fingerprint density at radius 3 is 2.57 bits per heavy atom. The van der Waals surface area contributed by atoms with E-state index < -0.39 is 6.03 Å². The molecular formula is C14H18N4O2S. The van der Waals surface area contributed by atoms with Crippen LogP contribution in [0.3, 0.4) is 0 Å². The first-order valence-electron chi connectivity index (χ1n) is 6.46. The number of methoxy groups -OCH3 is 1. The van der Waals surface area contributed by atoms with Gasteiger partial charge in [-0.1, -0.05) is 0 Å². The van der Waals surface area contributed by atoms with Crippen LogP contribution in [0.15, 0.2) is 34.7 Å². The highest BCUT2D eigenvalue weighted by Crippen LogP contribution is 2.25. The molecule has 1 heterocycles. The number of primary amides is 1. The number of hydrogen-bond acceptors (Lipinski definition) is 4. The largest absolute Gasteiger partial charge is 0.497 e. The molecule has 0 saturated heterocycles. The summed E-state index contributed by atoms with van der Waals surface area (Å²) in [5.74, 6) is 0.811. The highest BCUT2D eigenvalue weighted by atomic mass is 32.1. The number of urea groups is 1. The number of benzene rings is 1. The number of amides is 2. The van der Waals surface area contributed by atoms with E-state index in [4.69, 9.17) is 10.5 Å². The van der Waals surface area contributed by atoms with Crippen LogP contribution in [0.5, 0.6) is 5.75 Å². The van der Waals surface area contributed by atoms with Gasteiger partial charge in [0.15, 0.2) is 0 Å². The molecule has 0 aliphatic carbocycles. The Hall–Kier alpha value is -2.28. The summed E-state index contributed by atoms with van der Waals surface area (Å²) in [5, 5.41) is 6.04. The summed E-state index contributed by atoms with van der Waals surface area (Å²) in [6.07, 6.45) is 0. The van der Waals surface area contributed by atoms with E-state index in [-0.39, 0.29) is 6.04 Å². The Bertz CT molecular complexity index is 686. The fourth-order valence-electron chi connectivity index (χ4n) is 1.98. The lowest BCUT2D eigenvalue weighted by Gasteiger charge is -2.13. The second-order valence-corrected chi connectivity index (χ2v) is 5.52. The van der Waals surface area contributed by atoms with E-state index in [1.807, 2.05) is 34.2 Å². The highest BCUT2D eigenvalue weighted by Gasteiger charge is 2.11. The summed E-state index contributed by atoms with van der Waals surface area (Å²) in [6.45, 7) is 4.12. The molecular weight excluding hydrogens is 288 g/mol. The topological polar surface area (TPSA) is 81.6 Å². The molecule has 0 saturated carbocycles. The van der Waals surface area contributed by atoms with Crippen LogP contribution in [0.4, 0.5) is 4.79 Å². The van der Waals surface area contributed by atoms with Gasteiger partial charge in [-0.25, -0.2) is 10.2 Å². The van der Waals surface area contributed by atoms with Crippen LogP contribution in [0.2, 0.25) is 0 Å². The molecule has 0 radical (unpaired) electrons. The summed E-state index contributed by atoms with van der Waals surface area (Å²) in [7, 11) is 1.64. The molecule has 1 aromatic carbocycles. The summed E-state index contributed by atoms with van der Waals surface area (Å²) < 4.78 is 7.21. The van der Waals surface area contributed by atoms with Crippen LogP contribution in [0.1, 0.15) is 19.9 Å². The van der Waals surface area contributed by atoms with Crippen LogP contribution in [0.25, 0.3) is 11.3 Å². The molecule has 0 fully saturated rings. The van der Waals surface area contributed by atoms with Crippen molar-refractivity contribution in [2.75, 3.05) is 7.11 Å². The molecule has 3 N–H and O–H groups in total. The molecule has 112 valence electrons. The van der Waals surface area contributed by atoms with Gasteiger partial charge < -0.3 is 15.0 Å². The first-order chi connectivity index (χ1) is 10.0. The molecule has 0 aliphatic heterocycles. The molecule has 1 aromatic heterocycles. The van der Waals surface area contributed by atoms with Crippen molar-refractivity contribution in [2.45, 2.75) is 19.9 Å². The van der Waals surface area contributed by atoms with Gasteiger partial charge in [0.25, 0.3) is 0 Å². The lowest BCUT2D eigenvalue weighted by atomic mass is 10.1. The summed E-state index contributed by atoms with van der Waals surface area (Å²) in [4.78, 5) is 11.5. The lowest BCUT2D eigenvalue weighted by Crippen LogP contribution is -2.29. The molecule has 0 atom stereocenters. The Morgan fingerprint density at radius 2 is 2.05 bits per heavy atom. The molecule has 0 bridgehead atoms. The number of ether oxygens (including phenoxy) is 1. The van der Waals surface area contributed by atoms with E-state index in [0.29, 0.717) is 4.80 Å². The Morgan fingerprint density at radius 1 is 1.38 bits per heavy atom. The zero-order valence-electron chi connectivity index (χ0n) is 12.2. The normalized spacial score (nSPS) is 11.7. The van der Waals surface area contributed by atoms with Crippen molar-refractivity contribution in [3.63, 3.8) is 0 Å². The van der Waals surface area contributed by atoms with Crippen molar-refractivity contribution in [1.82, 2.24) is 9.99 Å². The fraction of sp³-hybridized carbons (Fsp3) is 0.286. The van der Waals surface area contributed by atoms with E-state index >= 15 is 0 Å². The van der Waals surface area contributed by atoms with Crippen LogP contribution in [-0.4, -0.2) is 17.7 Å². The van der Waals surface area contributed by atoms with Gasteiger partial charge in [0.1, 0.15) is 5.75 Å². The van der Waals surface area contributed by atoms with Gasteiger partial charge in [-0.05, 0) is 43.7 Å². The number of hydrogen-bond donors (Lipinski definition) is 2. The third-order valence-electron chi connectivity index (χ3n) is 2.91. The van der Waals surface area contributed by atoms with Gasteiger partial charge in [0, 0.05) is 11.4 Å². The first kappa shape index (κ1) is 15.1. The summed E-state index contributed by atoms with van der Waals surface area (Å²) in [5.41, 5.74) is 9.41. The molecule has 0 unspecified atom stereocenters. The fourth-order valence-corrected chi connectivity index (χ4v) is 2.96. The molecule has 2 rings (SSSR count). The molecule has 0 aliphatic rings. The molecule has 2 amide bonds. The van der Waals surface area contributed by atoms with Gasteiger partial charge in [-0.2, -0.15) is 0 Å². The third kappa shape index (κ3) is 3.43. The Balaban J connectivity index is 2.48. The van der Waals surface area contributed by atoms with Crippen molar-refractivity contribution >= 4 is 17.4 Å². The van der Waals surface area contributed by atoms with E-state index in [1.54, 1.807) is 7.11 Å². The quantitative estimate of drug-likeness (QED) is 0.850. The zero-order chi connectivity index (χ0) is 15.4. The second-order valence-electron chi connectivity index (χ2n) is 4.68. The minimum Gasteiger partial charge on any atom is -0.497 e. The number of nitrogens with two attached hydrogens (primary N) is 1. The molecule has 6 nitrogen and oxygen atoms in total. The number of nitrogens with zero attached hydrogens (tertiary/aromatic N) is 2. The minimum atomic E-state index is -0.676. The Labute approximate surface area is 126 Å². The predicted molar refractivity (Wildman–Crippen MR) is 83.0 cm³/mol. The SMILES string of the molecule is COc1ccc(-c2cs/c(=N\NC(N)=O)n2C(C)C)cc1. The van der Waals surface area contributed by atoms with Crippen molar-refractivity contribution < 1.29 is 9.53 Å². The molecule has 7 heteroatoms. The van der Waals surface area contributed by atoms with Gasteiger partial charge >= 0.3 is 6.03 Å². The van der Waals surface area contributed by atoms with Gasteiger partial charge in [-0.3, -0.25) is 0 Å². The minimum absolute atomic E-state index is 0.196. The number of carbonyl (C=O) groups excluding carboxylic acids is 1. The molecule has 21 heavy (non-hydrogen) atoms. The maximum absolute atomic E-state index is 10.8. The van der Waals surface area contributed by atoms with Crippen molar-refractivity contribution in [1.29, 1.82) is 0 Å². The average molecular weight is 306 g/mol. The number of aromatic nitrogens is 1. The van der Waals surface area contributed by atoms with Gasteiger partial charge in [0.2, 0.25) is 4.80 Å². The van der Waals surface area contributed by atoms with Crippen LogP contribution in [0, 0.1) is 0 Å². The predicted octanol–water partition coefficient (Wildman–Crippen LogP) is 2.29. The number of carbonyl (C=O) groups is 1. The maximum Gasteiger partial charge on any atom is 0.332 e. The lowest BCUT2D eigenvalue weighted by molar-refractivity contribution is 0.249. The van der Waals surface area contributed by atoms with Crippen LogP contribution >= 0.6 is 11.3 Å². The van der Waals surface area contributed by atoms with E-state index in [0.717, 1.165) is 17.0 Å². The van der Waals surface area contributed by atoms with E-state index in [9.17, 15) is 4.79 Å². The van der Waals surface area contributed by atoms with Crippen LogP contribution in [-0.2, 0) is 0 Å². The standard InChI is InChI=1S/C14H18N4O2S/c1-9(2)18-12(8-21-14(18)17-16-13(15)19)10-4-6-11(20-3)7-5-10/h4-9H,1-3H3,(H3,15,16,19)/b17-14-. The van der Waals surface area contributed by atoms with Crippen molar-refractivity contribution in [3.05, 3.63) is 34.4 Å². The smallest absolute Gasteiger partial charge is 0.332 e. The first-order valence-corrected chi connectivity index (χ1v) is 7.34. The van der Waals surface area contributed by atoms with Crippen LogP contribution < -0.4 is 20.7 Å². The molecule has 0 spiro atoms. The van der Waals surface area contributed by atoms with Crippen molar-refractivity contribution in [2.24, 2.45) is 10.8 Å². The summed E-state index contributed by atoms with van der Waals surface area (Å²) in [6, 6.07) is 7.33. The summed E-state index contributed by atoms with van der Waals surface area (Å²) >= 11 is 1.45.